The molecule has 8 heteroatoms. The van der Waals surface area contributed by atoms with E-state index in [2.05, 4.69) is 30.7 Å². The fourth-order valence-electron chi connectivity index (χ4n) is 1.86. The molecule has 0 amide bonds. The van der Waals surface area contributed by atoms with Gasteiger partial charge in [-0.15, -0.1) is 0 Å². The van der Waals surface area contributed by atoms with E-state index in [0.717, 1.165) is 22.3 Å². The highest BCUT2D eigenvalue weighted by molar-refractivity contribution is 7.90. The lowest BCUT2D eigenvalue weighted by Crippen LogP contribution is -1.96. The zero-order valence-electron chi connectivity index (χ0n) is 8.59. The van der Waals surface area contributed by atoms with Crippen molar-refractivity contribution in [2.24, 2.45) is 5.10 Å². The maximum absolute atomic E-state index is 4.47. The maximum atomic E-state index is 4.47. The van der Waals surface area contributed by atoms with Crippen molar-refractivity contribution < 1.29 is 4.13 Å². The van der Waals surface area contributed by atoms with E-state index in [4.69, 9.17) is 0 Å². The van der Waals surface area contributed by atoms with Crippen LogP contribution in [0.4, 0.5) is 0 Å². The van der Waals surface area contributed by atoms with Crippen LogP contribution < -0.4 is 0 Å². The SMILES string of the molecule is Pn1ccc2c(C3=C[N+]4(N=C3)P=P4)ncnc21. The lowest BCUT2D eigenvalue weighted by molar-refractivity contribution is -0.575. The molecule has 0 N–H and O–H groups in total. The van der Waals surface area contributed by atoms with E-state index < -0.39 is 0 Å². The largest absolute Gasteiger partial charge is 0.317 e. The second-order valence-corrected chi connectivity index (χ2v) is 7.33. The van der Waals surface area contributed by atoms with Crippen molar-refractivity contribution in [2.45, 2.75) is 0 Å². The first-order chi connectivity index (χ1) is 8.27. The summed E-state index contributed by atoms with van der Waals surface area (Å²) in [4.78, 5) is 8.66. The van der Waals surface area contributed by atoms with Gasteiger partial charge in [-0.3, -0.25) is 0 Å². The van der Waals surface area contributed by atoms with E-state index >= 15 is 0 Å². The van der Waals surface area contributed by atoms with Gasteiger partial charge in [-0.2, -0.15) is 0 Å². The molecule has 2 aliphatic heterocycles. The second kappa shape index (κ2) is 3.28. The number of rotatable bonds is 1. The molecule has 0 saturated heterocycles. The Labute approximate surface area is 103 Å². The zero-order chi connectivity index (χ0) is 11.5. The van der Waals surface area contributed by atoms with Gasteiger partial charge >= 0.3 is 0 Å². The minimum absolute atomic E-state index is 0.697. The normalized spacial score (nSPS) is 26.8. The quantitative estimate of drug-likeness (QED) is 0.753. The third kappa shape index (κ3) is 1.44. The fourth-order valence-corrected chi connectivity index (χ4v) is 3.62. The van der Waals surface area contributed by atoms with Crippen LogP contribution in [-0.4, -0.2) is 24.7 Å². The van der Waals surface area contributed by atoms with Crippen molar-refractivity contribution in [3.05, 3.63) is 30.5 Å². The molecule has 1 atom stereocenters. The molecule has 0 bridgehead atoms. The Hall–Kier alpha value is -0.980. The third-order valence-corrected chi connectivity index (χ3v) is 5.77. The van der Waals surface area contributed by atoms with Crippen molar-refractivity contribution in [3.63, 3.8) is 0 Å². The topological polar surface area (TPSA) is 43.1 Å². The molecule has 0 fully saturated rings. The van der Waals surface area contributed by atoms with Gasteiger partial charge in [0.1, 0.15) is 18.2 Å². The zero-order valence-corrected chi connectivity index (χ0v) is 11.5. The number of allylic oxidation sites excluding steroid dienone is 1. The monoisotopic (exact) mass is 278 g/mol. The van der Waals surface area contributed by atoms with Crippen LogP contribution in [0.5, 0.6) is 0 Å². The number of aromatic nitrogens is 3. The summed E-state index contributed by atoms with van der Waals surface area (Å²) >= 11 is 0. The summed E-state index contributed by atoms with van der Waals surface area (Å²) in [5.74, 6) is 0. The molecular formula is C9H7N5P3+. The van der Waals surface area contributed by atoms with Gasteiger partial charge in [-0.1, -0.05) is 9.23 Å². The Kier molecular flexibility index (Phi) is 1.93. The summed E-state index contributed by atoms with van der Waals surface area (Å²) in [5.41, 5.74) is 2.98. The summed E-state index contributed by atoms with van der Waals surface area (Å²) in [5, 5.41) is 5.54. The number of nitrogens with zero attached hydrogens (tertiary/aromatic N) is 5. The smallest absolute Gasteiger partial charge is 0.299 e. The fraction of sp³-hybridized carbons (Fsp3) is 0. The Morgan fingerprint density at radius 3 is 2.94 bits per heavy atom. The van der Waals surface area contributed by atoms with Crippen LogP contribution in [0.25, 0.3) is 16.6 Å². The van der Waals surface area contributed by atoms with Crippen LogP contribution in [-0.2, 0) is 0 Å². The summed E-state index contributed by atoms with van der Waals surface area (Å²) < 4.78 is 2.62. The average molecular weight is 278 g/mol. The maximum Gasteiger partial charge on any atom is 0.299 e. The van der Waals surface area contributed by atoms with Crippen LogP contribution >= 0.6 is 25.4 Å². The highest BCUT2D eigenvalue weighted by Gasteiger charge is 2.43. The Morgan fingerprint density at radius 1 is 1.29 bits per heavy atom. The Morgan fingerprint density at radius 2 is 2.18 bits per heavy atom. The second-order valence-electron chi connectivity index (χ2n) is 3.81. The Balaban J connectivity index is 1.95. The molecule has 2 aromatic heterocycles. The summed E-state index contributed by atoms with van der Waals surface area (Å²) in [6.45, 7) is 0. The molecule has 4 rings (SSSR count). The van der Waals surface area contributed by atoms with E-state index in [-0.39, 0.29) is 0 Å². The number of hydrogen-bond acceptors (Lipinski definition) is 3. The molecule has 0 saturated carbocycles. The van der Waals surface area contributed by atoms with Gasteiger partial charge < -0.3 is 4.34 Å². The predicted octanol–water partition coefficient (Wildman–Crippen LogP) is 2.88. The van der Waals surface area contributed by atoms with Crippen LogP contribution in [0.2, 0.25) is 0 Å². The standard InChI is InChI=1S/C9H7N5P3/c15-13-2-1-7-8(10-5-11-9(7)13)6-3-12-14(4-6)16-17-14/h1-5H,15H2/q+1. The van der Waals surface area contributed by atoms with Gasteiger partial charge in [0.15, 0.2) is 0 Å². The molecule has 0 radical (unpaired) electrons. The lowest BCUT2D eigenvalue weighted by atomic mass is 10.1. The lowest BCUT2D eigenvalue weighted by Gasteiger charge is -1.99. The van der Waals surface area contributed by atoms with E-state index in [1.807, 2.05) is 22.8 Å². The molecule has 82 valence electrons. The van der Waals surface area contributed by atoms with Gasteiger partial charge in [0.05, 0.1) is 17.5 Å². The first-order valence-electron chi connectivity index (χ1n) is 4.97. The first kappa shape index (κ1) is 9.99. The van der Waals surface area contributed by atoms with Crippen molar-refractivity contribution in [1.29, 1.82) is 0 Å². The molecule has 4 heterocycles. The number of quaternary nitrogens is 1. The van der Waals surface area contributed by atoms with Gasteiger partial charge in [-0.25, -0.2) is 9.97 Å². The van der Waals surface area contributed by atoms with E-state index in [0.29, 0.717) is 4.13 Å². The van der Waals surface area contributed by atoms with E-state index in [1.54, 1.807) is 6.33 Å². The van der Waals surface area contributed by atoms with Crippen molar-refractivity contribution in [1.82, 2.24) is 14.3 Å². The molecule has 1 spiro atoms. The molecule has 2 aliphatic rings. The van der Waals surface area contributed by atoms with Gasteiger partial charge in [0, 0.05) is 11.6 Å². The van der Waals surface area contributed by atoms with Gasteiger partial charge in [-0.05, 0) is 15.5 Å². The Bertz CT molecular complexity index is 723. The van der Waals surface area contributed by atoms with E-state index in [9.17, 15) is 0 Å². The minimum atomic E-state index is 0.697. The van der Waals surface area contributed by atoms with Crippen LogP contribution in [0, 0.1) is 0 Å². The average Bonchev–Trinajstić information content (AvgIpc) is 2.79. The van der Waals surface area contributed by atoms with E-state index in [1.165, 1.54) is 16.0 Å². The molecule has 17 heavy (non-hydrogen) atoms. The highest BCUT2D eigenvalue weighted by atomic mass is 31.8. The summed E-state index contributed by atoms with van der Waals surface area (Å²) in [7, 11) is 5.25. The molecule has 1 unspecified atom stereocenters. The van der Waals surface area contributed by atoms with Gasteiger partial charge in [0.2, 0.25) is 0 Å². The number of fused-ring (bicyclic) bond motifs is 1. The molecule has 2 aromatic rings. The van der Waals surface area contributed by atoms with Crippen molar-refractivity contribution in [2.75, 3.05) is 0 Å². The van der Waals surface area contributed by atoms with Gasteiger partial charge in [0.25, 0.3) is 16.0 Å². The van der Waals surface area contributed by atoms with Crippen molar-refractivity contribution >= 4 is 48.2 Å². The number of hydrogen-bond donors (Lipinski definition) is 0. The van der Waals surface area contributed by atoms with Crippen molar-refractivity contribution in [3.8, 4) is 0 Å². The van der Waals surface area contributed by atoms with Crippen LogP contribution in [0.3, 0.4) is 0 Å². The third-order valence-electron chi connectivity index (χ3n) is 2.73. The molecule has 0 aromatic carbocycles. The van der Waals surface area contributed by atoms with Crippen LogP contribution in [0.15, 0.2) is 29.9 Å². The summed E-state index contributed by atoms with van der Waals surface area (Å²) in [6, 6.07) is 2.03. The minimum Gasteiger partial charge on any atom is -0.317 e. The molecular weight excluding hydrogens is 271 g/mol. The summed E-state index contributed by atoms with van der Waals surface area (Å²) in [6.07, 6.45) is 7.64. The molecule has 0 aliphatic carbocycles. The predicted molar refractivity (Wildman–Crippen MR) is 73.2 cm³/mol. The van der Waals surface area contributed by atoms with Crippen LogP contribution in [0.1, 0.15) is 5.69 Å². The first-order valence-corrected chi connectivity index (χ1v) is 7.89. The molecule has 5 nitrogen and oxygen atoms in total. The highest BCUT2D eigenvalue weighted by Crippen LogP contribution is 2.60.